The Kier molecular flexibility index (Phi) is 6.81. The number of hydrogen-bond acceptors (Lipinski definition) is 7. The van der Waals surface area contributed by atoms with Crippen molar-refractivity contribution in [2.75, 3.05) is 6.61 Å². The molecule has 0 aromatic carbocycles. The summed E-state index contributed by atoms with van der Waals surface area (Å²) in [5.74, 6) is -4.26. The Balaban J connectivity index is 1.59. The highest BCUT2D eigenvalue weighted by Gasteiger charge is 2.71. The van der Waals surface area contributed by atoms with E-state index in [0.29, 0.717) is 24.3 Å². The lowest BCUT2D eigenvalue weighted by atomic mass is 9.50. The molecule has 218 valence electrons. The molecular formula is C32H43NO7. The molecule has 6 rings (SSSR count). The highest BCUT2D eigenvalue weighted by Crippen LogP contribution is 2.60. The molecule has 3 fully saturated rings. The number of ketones is 2. The molecule has 1 saturated carbocycles. The van der Waals surface area contributed by atoms with E-state index in [9.17, 15) is 19.8 Å². The summed E-state index contributed by atoms with van der Waals surface area (Å²) in [7, 11) is 0. The maximum atomic E-state index is 15.3. The predicted molar refractivity (Wildman–Crippen MR) is 147 cm³/mol. The Morgan fingerprint density at radius 1 is 1.10 bits per heavy atom. The molecule has 0 bridgehead atoms. The largest absolute Gasteiger partial charge is 0.390 e. The Morgan fingerprint density at radius 3 is 2.52 bits per heavy atom. The summed E-state index contributed by atoms with van der Waals surface area (Å²) in [6, 6.07) is -0.211. The van der Waals surface area contributed by atoms with Crippen LogP contribution in [0.3, 0.4) is 0 Å². The van der Waals surface area contributed by atoms with Gasteiger partial charge in [-0.2, -0.15) is 0 Å². The number of Topliss-reactive ketones (excluding diaryl/α,β-unsaturated/α-hetero) is 2. The molecule has 0 aromatic rings. The summed E-state index contributed by atoms with van der Waals surface area (Å²) in [6.45, 7) is 12.3. The van der Waals surface area contributed by atoms with Crippen molar-refractivity contribution in [1.29, 1.82) is 0 Å². The van der Waals surface area contributed by atoms with Gasteiger partial charge in [-0.05, 0) is 57.4 Å². The van der Waals surface area contributed by atoms with Crippen molar-refractivity contribution >= 4 is 17.5 Å². The maximum Gasteiger partial charge on any atom is 0.235 e. The number of rotatable bonds is 2. The smallest absolute Gasteiger partial charge is 0.235 e. The van der Waals surface area contributed by atoms with E-state index in [1.807, 2.05) is 19.9 Å². The van der Waals surface area contributed by atoms with Crippen LogP contribution in [0.15, 0.2) is 34.4 Å². The van der Waals surface area contributed by atoms with E-state index in [4.69, 9.17) is 9.47 Å². The molecule has 3 N–H and O–H groups in total. The number of aliphatic hydroxyl groups excluding tert-OH is 2. The van der Waals surface area contributed by atoms with Crippen molar-refractivity contribution in [2.45, 2.75) is 91.4 Å². The zero-order valence-electron chi connectivity index (χ0n) is 24.3. The van der Waals surface area contributed by atoms with Gasteiger partial charge in [0, 0.05) is 35.3 Å². The first-order chi connectivity index (χ1) is 18.9. The molecule has 1 spiro atoms. The fourth-order valence-electron chi connectivity index (χ4n) is 9.11. The monoisotopic (exact) mass is 553 g/mol. The van der Waals surface area contributed by atoms with Crippen LogP contribution in [0.25, 0.3) is 0 Å². The van der Waals surface area contributed by atoms with Gasteiger partial charge in [-0.1, -0.05) is 44.1 Å². The van der Waals surface area contributed by atoms with Crippen molar-refractivity contribution in [3.05, 3.63) is 34.4 Å². The number of hydrogen-bond donors (Lipinski definition) is 3. The fourth-order valence-corrected chi connectivity index (χ4v) is 9.11. The zero-order valence-corrected chi connectivity index (χ0v) is 24.3. The van der Waals surface area contributed by atoms with Crippen LogP contribution in [-0.4, -0.2) is 64.9 Å². The predicted octanol–water partition coefficient (Wildman–Crippen LogP) is 2.88. The van der Waals surface area contributed by atoms with Gasteiger partial charge >= 0.3 is 0 Å². The minimum Gasteiger partial charge on any atom is -0.390 e. The summed E-state index contributed by atoms with van der Waals surface area (Å²) in [5.41, 5.74) is 1.82. The standard InChI is InChI=1S/C32H43NO7/c1-13(2)9-19-25-17(6)15(4)11-18-10-14(3)7-8-20(34)28-22-23-21(16(5)12-39-30(23)40-28)26(35)27(36)24(22)29(37)32(18,25)31(38)33-19/h10-11,13,17-20,22-25,27-28,30,34,36H,7-9,12H2,1-6H3,(H,33,38). The second-order valence-electron chi connectivity index (χ2n) is 13.7. The molecule has 8 nitrogen and oxygen atoms in total. The van der Waals surface area contributed by atoms with Gasteiger partial charge in [-0.25, -0.2) is 0 Å². The molecule has 12 unspecified atom stereocenters. The van der Waals surface area contributed by atoms with Crippen LogP contribution in [-0.2, 0) is 23.9 Å². The van der Waals surface area contributed by atoms with Gasteiger partial charge in [-0.15, -0.1) is 0 Å². The van der Waals surface area contributed by atoms with Crippen LogP contribution in [0.2, 0.25) is 0 Å². The number of ether oxygens (including phenoxy) is 2. The average molecular weight is 554 g/mol. The van der Waals surface area contributed by atoms with E-state index in [-0.39, 0.29) is 30.4 Å². The van der Waals surface area contributed by atoms with Gasteiger partial charge in [0.05, 0.1) is 24.7 Å². The first-order valence-electron chi connectivity index (χ1n) is 15.0. The van der Waals surface area contributed by atoms with Gasteiger partial charge in [0.25, 0.3) is 0 Å². The number of nitrogens with one attached hydrogen (secondary N) is 1. The third kappa shape index (κ3) is 3.75. The van der Waals surface area contributed by atoms with Gasteiger partial charge in [0.2, 0.25) is 5.91 Å². The average Bonchev–Trinajstić information content (AvgIpc) is 3.40. The van der Waals surface area contributed by atoms with Crippen molar-refractivity contribution < 1.29 is 34.1 Å². The minimum absolute atomic E-state index is 0.0529. The lowest BCUT2D eigenvalue weighted by Crippen LogP contribution is -2.61. The molecule has 3 heterocycles. The Labute approximate surface area is 236 Å². The number of carbonyl (C=O) groups excluding carboxylic acids is 3. The second kappa shape index (κ2) is 9.72. The first-order valence-corrected chi connectivity index (χ1v) is 15.0. The molecule has 0 aromatic heterocycles. The summed E-state index contributed by atoms with van der Waals surface area (Å²) in [6.07, 6.45) is 1.65. The number of allylic oxidation sites excluding steroid dienone is 4. The van der Waals surface area contributed by atoms with Crippen LogP contribution in [0.5, 0.6) is 0 Å². The molecule has 6 aliphatic rings. The van der Waals surface area contributed by atoms with Crippen LogP contribution < -0.4 is 5.32 Å². The molecule has 0 radical (unpaired) electrons. The highest BCUT2D eigenvalue weighted by molar-refractivity contribution is 6.13. The SMILES string of the molecule is CC1=CC2C=C(C)C(C)C3C(CC(C)C)NC(=O)C23C(=O)C2C(O)C(=O)C3=C(C)COC4OC(C(O)CC1)C2C34. The third-order valence-corrected chi connectivity index (χ3v) is 10.9. The summed E-state index contributed by atoms with van der Waals surface area (Å²) in [4.78, 5) is 43.4. The number of amides is 1. The maximum absolute atomic E-state index is 15.3. The van der Waals surface area contributed by atoms with Gasteiger partial charge in [0.15, 0.2) is 17.9 Å². The van der Waals surface area contributed by atoms with E-state index >= 15 is 4.79 Å². The second-order valence-corrected chi connectivity index (χ2v) is 13.7. The number of carbonyl (C=O) groups is 3. The fraction of sp³-hybridized carbons (Fsp3) is 0.719. The van der Waals surface area contributed by atoms with Gasteiger partial charge < -0.3 is 25.0 Å². The molecule has 8 heteroatoms. The molecular weight excluding hydrogens is 510 g/mol. The van der Waals surface area contributed by atoms with Crippen molar-refractivity contribution in [3.8, 4) is 0 Å². The Hall–Kier alpha value is -2.13. The van der Waals surface area contributed by atoms with Crippen molar-refractivity contribution in [3.63, 3.8) is 0 Å². The molecule has 12 atom stereocenters. The lowest BCUT2D eigenvalue weighted by molar-refractivity contribution is -0.164. The Morgan fingerprint density at radius 2 is 1.82 bits per heavy atom. The minimum atomic E-state index is -1.62. The summed E-state index contributed by atoms with van der Waals surface area (Å²) in [5, 5.41) is 26.3. The van der Waals surface area contributed by atoms with E-state index in [2.05, 4.69) is 39.1 Å². The molecule has 40 heavy (non-hydrogen) atoms. The normalized spacial score (nSPS) is 46.7. The van der Waals surface area contributed by atoms with E-state index in [1.54, 1.807) is 0 Å². The zero-order chi connectivity index (χ0) is 28.8. The van der Waals surface area contributed by atoms with E-state index in [1.165, 1.54) is 0 Å². The molecule has 3 aliphatic heterocycles. The van der Waals surface area contributed by atoms with Crippen molar-refractivity contribution in [1.82, 2.24) is 5.32 Å². The topological polar surface area (TPSA) is 122 Å². The molecule has 1 amide bonds. The first kappa shape index (κ1) is 28.0. The lowest BCUT2D eigenvalue weighted by Gasteiger charge is -2.49. The van der Waals surface area contributed by atoms with Gasteiger partial charge in [0.1, 0.15) is 11.5 Å². The van der Waals surface area contributed by atoms with E-state index in [0.717, 1.165) is 23.1 Å². The summed E-state index contributed by atoms with van der Waals surface area (Å²) >= 11 is 0. The van der Waals surface area contributed by atoms with E-state index < -0.39 is 65.3 Å². The van der Waals surface area contributed by atoms with Gasteiger partial charge in [-0.3, -0.25) is 14.4 Å². The van der Waals surface area contributed by atoms with Crippen LogP contribution in [0, 0.1) is 46.8 Å². The Bertz CT molecular complexity index is 1230. The third-order valence-electron chi connectivity index (χ3n) is 10.9. The van der Waals surface area contributed by atoms with Crippen LogP contribution in [0.4, 0.5) is 0 Å². The molecule has 2 saturated heterocycles. The number of aliphatic hydroxyl groups is 2. The quantitative estimate of drug-likeness (QED) is 0.355. The van der Waals surface area contributed by atoms with Crippen LogP contribution >= 0.6 is 0 Å². The van der Waals surface area contributed by atoms with Crippen LogP contribution in [0.1, 0.15) is 60.8 Å². The summed E-state index contributed by atoms with van der Waals surface area (Å²) < 4.78 is 12.3. The van der Waals surface area contributed by atoms with Crippen molar-refractivity contribution in [2.24, 2.45) is 46.8 Å². The molecule has 3 aliphatic carbocycles. The highest BCUT2D eigenvalue weighted by atomic mass is 16.7.